The number of hydrogen-bond acceptors (Lipinski definition) is 8. The number of esters is 1. The van der Waals surface area contributed by atoms with Crippen molar-refractivity contribution in [3.05, 3.63) is 91.1 Å². The number of ether oxygens (including phenoxy) is 4. The van der Waals surface area contributed by atoms with Gasteiger partial charge in [-0.05, 0) is 96.2 Å². The van der Waals surface area contributed by atoms with Gasteiger partial charge < -0.3 is 23.8 Å². The maximum atomic E-state index is 13.6. The SMILES string of the molecule is C=CCOC(C)(C)C(=O)NS(=O)c1ccc2c(c1)N(CCC(CC)C(C)(C=C)OC(=O)C(C)(C)OCC=C)CC(c1ccc(C)cc1CCC)CO2. The zero-order valence-corrected chi connectivity index (χ0v) is 33.4. The third kappa shape index (κ3) is 10.9. The van der Waals surface area contributed by atoms with Crippen LogP contribution in [0.5, 0.6) is 5.75 Å². The van der Waals surface area contributed by atoms with E-state index in [4.69, 9.17) is 18.9 Å². The molecule has 1 N–H and O–H groups in total. The van der Waals surface area contributed by atoms with Gasteiger partial charge in [0.05, 0.1) is 30.4 Å². The summed E-state index contributed by atoms with van der Waals surface area (Å²) >= 11 is 0. The second-order valence-corrected chi connectivity index (χ2v) is 15.8. The van der Waals surface area contributed by atoms with Gasteiger partial charge in [-0.25, -0.2) is 9.00 Å². The van der Waals surface area contributed by atoms with Crippen molar-refractivity contribution >= 4 is 28.5 Å². The van der Waals surface area contributed by atoms with Gasteiger partial charge in [0.25, 0.3) is 5.91 Å². The molecular weight excluding hydrogens is 677 g/mol. The molecular formula is C42H60N2O7S. The molecule has 0 bridgehead atoms. The van der Waals surface area contributed by atoms with E-state index in [0.29, 0.717) is 36.8 Å². The fraction of sp³-hybridized carbons (Fsp3) is 0.524. The molecule has 0 aromatic heterocycles. The third-order valence-corrected chi connectivity index (χ3v) is 10.8. The molecule has 0 saturated heterocycles. The Hall–Kier alpha value is -3.73. The first-order valence-corrected chi connectivity index (χ1v) is 19.4. The highest BCUT2D eigenvalue weighted by molar-refractivity contribution is 7.83. The summed E-state index contributed by atoms with van der Waals surface area (Å²) < 4.78 is 40.2. The first kappa shape index (κ1) is 42.7. The van der Waals surface area contributed by atoms with Gasteiger partial charge in [0.15, 0.2) is 16.6 Å². The van der Waals surface area contributed by atoms with E-state index in [1.54, 1.807) is 52.0 Å². The van der Waals surface area contributed by atoms with E-state index < -0.39 is 39.7 Å². The van der Waals surface area contributed by atoms with Gasteiger partial charge in [-0.3, -0.25) is 9.52 Å². The smallest absolute Gasteiger partial charge is 0.338 e. The lowest BCUT2D eigenvalue weighted by Gasteiger charge is -2.38. The Morgan fingerprint density at radius 1 is 1.02 bits per heavy atom. The predicted octanol–water partition coefficient (Wildman–Crippen LogP) is 7.94. The molecule has 1 heterocycles. The Morgan fingerprint density at radius 3 is 2.31 bits per heavy atom. The van der Waals surface area contributed by atoms with Crippen LogP contribution in [0.2, 0.25) is 0 Å². The van der Waals surface area contributed by atoms with Crippen molar-refractivity contribution in [2.45, 2.75) is 109 Å². The van der Waals surface area contributed by atoms with E-state index in [-0.39, 0.29) is 25.0 Å². The normalized spacial score (nSPS) is 17.0. The number of carbonyl (C=O) groups is 2. The molecule has 0 spiro atoms. The molecule has 1 aliphatic rings. The van der Waals surface area contributed by atoms with E-state index in [1.165, 1.54) is 16.7 Å². The van der Waals surface area contributed by atoms with E-state index in [0.717, 1.165) is 24.9 Å². The molecule has 0 saturated carbocycles. The van der Waals surface area contributed by atoms with Crippen molar-refractivity contribution in [2.24, 2.45) is 5.92 Å². The molecule has 2 aromatic rings. The molecule has 1 amide bonds. The highest BCUT2D eigenvalue weighted by Gasteiger charge is 2.40. The van der Waals surface area contributed by atoms with Crippen molar-refractivity contribution in [2.75, 3.05) is 37.8 Å². The minimum Gasteiger partial charge on any atom is -0.491 e. The second-order valence-electron chi connectivity index (χ2n) is 14.6. The van der Waals surface area contributed by atoms with Crippen LogP contribution in [-0.2, 0) is 41.2 Å². The molecule has 9 nitrogen and oxygen atoms in total. The van der Waals surface area contributed by atoms with Crippen molar-refractivity contribution in [1.29, 1.82) is 0 Å². The maximum absolute atomic E-state index is 13.6. The predicted molar refractivity (Wildman–Crippen MR) is 210 cm³/mol. The van der Waals surface area contributed by atoms with Crippen LogP contribution in [0.1, 0.15) is 90.3 Å². The van der Waals surface area contributed by atoms with Gasteiger partial charge in [-0.15, -0.1) is 13.2 Å². The van der Waals surface area contributed by atoms with Crippen molar-refractivity contribution in [3.63, 3.8) is 0 Å². The number of anilines is 1. The Labute approximate surface area is 314 Å². The van der Waals surface area contributed by atoms with E-state index >= 15 is 0 Å². The third-order valence-electron chi connectivity index (χ3n) is 9.74. The summed E-state index contributed by atoms with van der Waals surface area (Å²) in [6.45, 7) is 28.4. The molecule has 52 heavy (non-hydrogen) atoms. The maximum Gasteiger partial charge on any atom is 0.338 e. The van der Waals surface area contributed by atoms with Crippen LogP contribution in [0.15, 0.2) is 79.3 Å². The topological polar surface area (TPSA) is 103 Å². The number of hydrogen-bond donors (Lipinski definition) is 1. The number of rotatable bonds is 20. The van der Waals surface area contributed by atoms with Crippen LogP contribution < -0.4 is 14.4 Å². The summed E-state index contributed by atoms with van der Waals surface area (Å²) in [4.78, 5) is 29.1. The van der Waals surface area contributed by atoms with Gasteiger partial charge in [0.1, 0.15) is 17.0 Å². The summed E-state index contributed by atoms with van der Waals surface area (Å²) in [5, 5.41) is 0. The number of carbonyl (C=O) groups excluding carboxylic acids is 2. The first-order chi connectivity index (χ1) is 24.5. The van der Waals surface area contributed by atoms with Gasteiger partial charge in [-0.2, -0.15) is 0 Å². The number of aryl methyl sites for hydroxylation is 2. The average Bonchev–Trinajstić information content (AvgIpc) is 3.29. The average molecular weight is 737 g/mol. The van der Waals surface area contributed by atoms with E-state index in [9.17, 15) is 13.8 Å². The van der Waals surface area contributed by atoms with Crippen molar-refractivity contribution in [3.8, 4) is 5.75 Å². The Kier molecular flexibility index (Phi) is 15.5. The Bertz CT molecular complexity index is 1600. The molecule has 4 atom stereocenters. The molecule has 0 radical (unpaired) electrons. The van der Waals surface area contributed by atoms with Crippen LogP contribution in [0.25, 0.3) is 0 Å². The Morgan fingerprint density at radius 2 is 1.69 bits per heavy atom. The minimum atomic E-state index is -1.86. The highest BCUT2D eigenvalue weighted by atomic mass is 32.2. The van der Waals surface area contributed by atoms with Crippen LogP contribution >= 0.6 is 0 Å². The molecule has 10 heteroatoms. The zero-order chi connectivity index (χ0) is 38.7. The van der Waals surface area contributed by atoms with Crippen molar-refractivity contribution in [1.82, 2.24) is 4.72 Å². The molecule has 2 aromatic carbocycles. The number of nitrogens with one attached hydrogen (secondary N) is 1. The summed E-state index contributed by atoms with van der Waals surface area (Å²) in [6.07, 6.45) is 8.23. The van der Waals surface area contributed by atoms with Gasteiger partial charge in [0, 0.05) is 24.9 Å². The van der Waals surface area contributed by atoms with Gasteiger partial charge >= 0.3 is 5.97 Å². The molecule has 0 aliphatic carbocycles. The summed E-state index contributed by atoms with van der Waals surface area (Å²) in [6, 6.07) is 12.0. The molecule has 286 valence electrons. The van der Waals surface area contributed by atoms with Gasteiger partial charge in [-0.1, -0.05) is 62.8 Å². The summed E-state index contributed by atoms with van der Waals surface area (Å²) in [5.41, 5.74) is 1.23. The number of fused-ring (bicyclic) bond motifs is 1. The second kappa shape index (κ2) is 18.9. The quantitative estimate of drug-likeness (QED) is 0.108. The van der Waals surface area contributed by atoms with Crippen LogP contribution in [0.4, 0.5) is 5.69 Å². The molecule has 1 aliphatic heterocycles. The lowest BCUT2D eigenvalue weighted by molar-refractivity contribution is -0.181. The highest BCUT2D eigenvalue weighted by Crippen LogP contribution is 2.39. The van der Waals surface area contributed by atoms with E-state index in [1.807, 2.05) is 19.1 Å². The fourth-order valence-electron chi connectivity index (χ4n) is 6.35. The van der Waals surface area contributed by atoms with E-state index in [2.05, 4.69) is 68.3 Å². The molecule has 3 rings (SSSR count). The fourth-order valence-corrected chi connectivity index (χ4v) is 7.30. The monoisotopic (exact) mass is 736 g/mol. The summed E-state index contributed by atoms with van der Waals surface area (Å²) in [5.74, 6) is -0.336. The standard InChI is InChI=1S/C42H60N2O7S/c1-12-17-31-26-30(6)18-20-35(31)32-28-44(23-22-33(15-4)42(11,16-5)51-39(46)41(9,10)50-25-14-3)36-27-34(19-21-37(36)48-29-32)52(47)43-38(45)40(7,8)49-24-13-2/h13-14,16,18-21,26-27,32-33H,2-3,5,12,15,17,22-25,28-29H2,1,4,6-11H3,(H,43,45). The number of nitrogens with zero attached hydrogens (tertiary/aromatic N) is 1. The van der Waals surface area contributed by atoms with Crippen molar-refractivity contribution < 1.29 is 32.7 Å². The zero-order valence-electron chi connectivity index (χ0n) is 32.5. The number of amides is 1. The lowest BCUT2D eigenvalue weighted by Crippen LogP contribution is -2.46. The Balaban J connectivity index is 1.99. The van der Waals surface area contributed by atoms with Crippen LogP contribution in [0.3, 0.4) is 0 Å². The minimum absolute atomic E-state index is 0.0532. The largest absolute Gasteiger partial charge is 0.491 e. The van der Waals surface area contributed by atoms with Crippen LogP contribution in [-0.4, -0.2) is 65.8 Å². The van der Waals surface area contributed by atoms with Gasteiger partial charge in [0.2, 0.25) is 0 Å². The lowest BCUT2D eigenvalue weighted by atomic mass is 9.83. The first-order valence-electron chi connectivity index (χ1n) is 18.3. The summed E-state index contributed by atoms with van der Waals surface area (Å²) in [7, 11) is -1.86. The molecule has 4 unspecified atom stereocenters. The number of benzene rings is 2. The molecule has 0 fully saturated rings. The van der Waals surface area contributed by atoms with Crippen LogP contribution in [0, 0.1) is 12.8 Å².